The molecule has 6 nitrogen and oxygen atoms in total. The summed E-state index contributed by atoms with van der Waals surface area (Å²) in [6.45, 7) is 19.2. The third-order valence-electron chi connectivity index (χ3n) is 5.29. The molecule has 0 N–H and O–H groups in total. The summed E-state index contributed by atoms with van der Waals surface area (Å²) in [5.41, 5.74) is 0. The molecule has 0 unspecified atom stereocenters. The van der Waals surface area contributed by atoms with Crippen LogP contribution < -0.4 is 0 Å². The lowest BCUT2D eigenvalue weighted by atomic mass is 10.4. The number of carbonyl (C=O) groups excluding carboxylic acids is 1. The molecule has 3 fully saturated rings. The fourth-order valence-corrected chi connectivity index (χ4v) is 3.01. The summed E-state index contributed by atoms with van der Waals surface area (Å²) in [5.74, 6) is 0.225. The second-order valence-corrected chi connectivity index (χ2v) is 8.23. The first-order chi connectivity index (χ1) is 14.3. The largest absolute Gasteiger partial charge is 0.385 e. The zero-order valence-corrected chi connectivity index (χ0v) is 21.5. The van der Waals surface area contributed by atoms with Crippen molar-refractivity contribution in [2.45, 2.75) is 79.2 Å². The fraction of sp³-hybridized carbons (Fsp3) is 0.958. The quantitative estimate of drug-likeness (QED) is 0.672. The maximum Gasteiger partial charge on any atom is 0.219 e. The number of ether oxygens (including phenoxy) is 2. The van der Waals surface area contributed by atoms with Gasteiger partial charge < -0.3 is 24.2 Å². The van der Waals surface area contributed by atoms with E-state index in [4.69, 9.17) is 4.74 Å². The van der Waals surface area contributed by atoms with Gasteiger partial charge in [-0.1, -0.05) is 6.92 Å². The van der Waals surface area contributed by atoms with Crippen LogP contribution in [0.3, 0.4) is 0 Å². The fourth-order valence-electron chi connectivity index (χ4n) is 3.01. The van der Waals surface area contributed by atoms with Crippen LogP contribution in [0.4, 0.5) is 0 Å². The molecule has 0 aromatic heterocycles. The van der Waals surface area contributed by atoms with Crippen LogP contribution in [0.1, 0.15) is 73.1 Å². The minimum atomic E-state index is 0.225. The highest BCUT2D eigenvalue weighted by atomic mass is 16.5. The van der Waals surface area contributed by atoms with E-state index in [0.717, 1.165) is 19.7 Å². The molecule has 0 bridgehead atoms. The summed E-state index contributed by atoms with van der Waals surface area (Å²) < 4.78 is 9.29. The SMILES string of the molecule is CC(=O)N1CCCC1.CCN1CCCC1.CCOC.CN1CCCC1.COC(C)C. The van der Waals surface area contributed by atoms with Gasteiger partial charge in [0.05, 0.1) is 6.10 Å². The van der Waals surface area contributed by atoms with Crippen molar-refractivity contribution in [3.05, 3.63) is 0 Å². The summed E-state index contributed by atoms with van der Waals surface area (Å²) in [6.07, 6.45) is 8.45. The van der Waals surface area contributed by atoms with Crippen LogP contribution in [0, 0.1) is 0 Å². The van der Waals surface area contributed by atoms with Gasteiger partial charge in [-0.15, -0.1) is 0 Å². The second-order valence-electron chi connectivity index (χ2n) is 8.23. The lowest BCUT2D eigenvalue weighted by Crippen LogP contribution is -2.24. The van der Waals surface area contributed by atoms with Crippen molar-refractivity contribution in [2.75, 3.05) is 73.7 Å². The van der Waals surface area contributed by atoms with Crippen molar-refractivity contribution in [1.29, 1.82) is 0 Å². The Hall–Kier alpha value is -0.690. The van der Waals surface area contributed by atoms with E-state index in [0.29, 0.717) is 6.10 Å². The van der Waals surface area contributed by atoms with Crippen LogP contribution in [-0.4, -0.2) is 100 Å². The zero-order valence-electron chi connectivity index (χ0n) is 21.5. The van der Waals surface area contributed by atoms with Gasteiger partial charge in [-0.2, -0.15) is 0 Å². The predicted octanol–water partition coefficient (Wildman–Crippen LogP) is 4.14. The van der Waals surface area contributed by atoms with Crippen LogP contribution in [0.25, 0.3) is 0 Å². The maximum atomic E-state index is 10.6. The third kappa shape index (κ3) is 22.0. The first-order valence-electron chi connectivity index (χ1n) is 12.0. The second kappa shape index (κ2) is 23.0. The molecule has 3 aliphatic heterocycles. The minimum absolute atomic E-state index is 0.225. The first-order valence-corrected chi connectivity index (χ1v) is 12.0. The summed E-state index contributed by atoms with van der Waals surface area (Å²) >= 11 is 0. The molecular weight excluding hydrogens is 378 g/mol. The van der Waals surface area contributed by atoms with Gasteiger partial charge >= 0.3 is 0 Å². The van der Waals surface area contributed by atoms with E-state index in [1.54, 1.807) is 21.1 Å². The lowest BCUT2D eigenvalue weighted by molar-refractivity contribution is -0.127. The van der Waals surface area contributed by atoms with Gasteiger partial charge in [-0.25, -0.2) is 0 Å². The molecule has 0 spiro atoms. The van der Waals surface area contributed by atoms with E-state index in [9.17, 15) is 4.79 Å². The molecule has 182 valence electrons. The van der Waals surface area contributed by atoms with E-state index in [1.807, 2.05) is 25.7 Å². The average Bonchev–Trinajstić information content (AvgIpc) is 3.52. The molecule has 3 rings (SSSR count). The lowest BCUT2D eigenvalue weighted by Gasteiger charge is -2.10. The average molecular weight is 432 g/mol. The van der Waals surface area contributed by atoms with Gasteiger partial charge in [-0.05, 0) is 99.1 Å². The summed E-state index contributed by atoms with van der Waals surface area (Å²) in [7, 11) is 5.55. The Morgan fingerprint density at radius 2 is 1.20 bits per heavy atom. The van der Waals surface area contributed by atoms with Crippen molar-refractivity contribution in [3.63, 3.8) is 0 Å². The van der Waals surface area contributed by atoms with Gasteiger partial charge in [-0.3, -0.25) is 4.79 Å². The topological polar surface area (TPSA) is 45.2 Å². The number of methoxy groups -OCH3 is 2. The predicted molar refractivity (Wildman–Crippen MR) is 129 cm³/mol. The third-order valence-corrected chi connectivity index (χ3v) is 5.29. The Morgan fingerprint density at radius 1 is 0.833 bits per heavy atom. The molecule has 0 saturated carbocycles. The molecule has 0 atom stereocenters. The van der Waals surface area contributed by atoms with E-state index in [2.05, 4.69) is 28.5 Å². The Balaban J connectivity index is 0. The number of hydrogen-bond donors (Lipinski definition) is 0. The Kier molecular flexibility index (Phi) is 24.1. The molecular formula is C24H53N3O3. The monoisotopic (exact) mass is 431 g/mol. The summed E-state index contributed by atoms with van der Waals surface area (Å²) in [6, 6.07) is 0. The summed E-state index contributed by atoms with van der Waals surface area (Å²) in [5, 5.41) is 0. The van der Waals surface area contributed by atoms with Gasteiger partial charge in [0, 0.05) is 40.8 Å². The first kappa shape index (κ1) is 31.5. The standard InChI is InChI=1S/C6H11NO.C6H13N.C5H11N.C4H10O.C3H8O/c1-6(8)7-4-2-3-5-7;1-2-7-5-3-4-6-7;1-6-4-2-3-5-6;1-4(2)5-3;1-3-4-2/h2-5H2,1H3;2-6H2,1H3;2-5H2,1H3;4H,1-3H3;3H2,1-2H3. The Morgan fingerprint density at radius 3 is 1.37 bits per heavy atom. The number of hydrogen-bond acceptors (Lipinski definition) is 5. The summed E-state index contributed by atoms with van der Waals surface area (Å²) in [4.78, 5) is 17.3. The molecule has 0 aromatic rings. The van der Waals surface area contributed by atoms with Gasteiger partial charge in [0.25, 0.3) is 0 Å². The van der Waals surface area contributed by atoms with Gasteiger partial charge in [0.1, 0.15) is 0 Å². The van der Waals surface area contributed by atoms with Crippen molar-refractivity contribution in [3.8, 4) is 0 Å². The minimum Gasteiger partial charge on any atom is -0.385 e. The molecule has 3 aliphatic rings. The van der Waals surface area contributed by atoms with Crippen LogP contribution in [-0.2, 0) is 14.3 Å². The highest BCUT2D eigenvalue weighted by Crippen LogP contribution is 2.06. The number of nitrogens with zero attached hydrogens (tertiary/aromatic N) is 3. The van der Waals surface area contributed by atoms with E-state index in [-0.39, 0.29) is 5.91 Å². The smallest absolute Gasteiger partial charge is 0.219 e. The molecule has 3 heterocycles. The number of carbonyl (C=O) groups is 1. The van der Waals surface area contributed by atoms with E-state index in [1.165, 1.54) is 71.2 Å². The molecule has 1 amide bonds. The van der Waals surface area contributed by atoms with Crippen molar-refractivity contribution in [2.24, 2.45) is 0 Å². The highest BCUT2D eigenvalue weighted by Gasteiger charge is 2.12. The maximum absolute atomic E-state index is 10.6. The van der Waals surface area contributed by atoms with Crippen LogP contribution in [0.5, 0.6) is 0 Å². The van der Waals surface area contributed by atoms with Gasteiger partial charge in [0.2, 0.25) is 5.91 Å². The van der Waals surface area contributed by atoms with Gasteiger partial charge in [0.15, 0.2) is 0 Å². The van der Waals surface area contributed by atoms with Crippen molar-refractivity contribution in [1.82, 2.24) is 14.7 Å². The zero-order chi connectivity index (χ0) is 23.2. The molecule has 3 saturated heterocycles. The molecule has 0 radical (unpaired) electrons. The molecule has 0 aliphatic carbocycles. The van der Waals surface area contributed by atoms with E-state index < -0.39 is 0 Å². The number of rotatable bonds is 3. The van der Waals surface area contributed by atoms with Crippen molar-refractivity contribution >= 4 is 5.91 Å². The Labute approximate surface area is 188 Å². The van der Waals surface area contributed by atoms with Crippen LogP contribution in [0.15, 0.2) is 0 Å². The molecule has 0 aromatic carbocycles. The number of amides is 1. The Bertz CT molecular complexity index is 348. The van der Waals surface area contributed by atoms with E-state index >= 15 is 0 Å². The molecule has 30 heavy (non-hydrogen) atoms. The van der Waals surface area contributed by atoms with Crippen LogP contribution in [0.2, 0.25) is 0 Å². The highest BCUT2D eigenvalue weighted by molar-refractivity contribution is 5.73. The molecule has 6 heteroatoms. The number of likely N-dealkylation sites (tertiary alicyclic amines) is 3. The van der Waals surface area contributed by atoms with Crippen molar-refractivity contribution < 1.29 is 14.3 Å². The normalized spacial score (nSPS) is 18.4. The van der Waals surface area contributed by atoms with Crippen LogP contribution >= 0.6 is 0 Å².